The molecule has 0 saturated heterocycles. The van der Waals surface area contributed by atoms with Crippen molar-refractivity contribution in [1.29, 1.82) is 0 Å². The zero-order valence-electron chi connectivity index (χ0n) is 10.1. The van der Waals surface area contributed by atoms with Gasteiger partial charge in [0.15, 0.2) is 0 Å². The first kappa shape index (κ1) is 11.3. The second kappa shape index (κ2) is 5.21. The number of hydrogen-bond donors (Lipinski definition) is 0. The summed E-state index contributed by atoms with van der Waals surface area (Å²) < 4.78 is 0. The van der Waals surface area contributed by atoms with Crippen molar-refractivity contribution >= 4 is 0 Å². The lowest BCUT2D eigenvalue weighted by Crippen LogP contribution is -2.15. The Balaban J connectivity index is 2.22. The summed E-state index contributed by atoms with van der Waals surface area (Å²) in [5.74, 6) is 4.07. The van der Waals surface area contributed by atoms with E-state index in [2.05, 4.69) is 37.1 Å². The molecular weight excluding hydrogens is 192 g/mol. The molecule has 0 N–H and O–H groups in total. The summed E-state index contributed by atoms with van der Waals surface area (Å²) in [6, 6.07) is 8.57. The maximum Gasteiger partial charge on any atom is 0.0480 e. The van der Waals surface area contributed by atoms with Crippen LogP contribution in [0.25, 0.3) is 0 Å². The van der Waals surface area contributed by atoms with Crippen LogP contribution in [0.15, 0.2) is 24.3 Å². The summed E-state index contributed by atoms with van der Waals surface area (Å²) in [6.45, 7) is 2.17. The van der Waals surface area contributed by atoms with Gasteiger partial charge in [-0.2, -0.15) is 0 Å². The molecule has 0 heterocycles. The van der Waals surface area contributed by atoms with Crippen molar-refractivity contribution in [2.24, 2.45) is 5.92 Å². The van der Waals surface area contributed by atoms with Crippen LogP contribution < -0.4 is 0 Å². The normalized spacial score (nSPS) is 19.0. The standard InChI is InChI=1S/C16H20/c1-3-15(14-10-5-4-6-11-14)16-12-8-7-9-13(16)2/h1,7-9,12,14-15H,4-6,10-11H2,2H3. The van der Waals surface area contributed by atoms with Gasteiger partial charge in [0, 0.05) is 5.92 Å². The lowest BCUT2D eigenvalue weighted by atomic mass is 9.76. The Kier molecular flexibility index (Phi) is 3.67. The van der Waals surface area contributed by atoms with E-state index in [0.29, 0.717) is 11.8 Å². The fourth-order valence-corrected chi connectivity index (χ4v) is 2.88. The first-order chi connectivity index (χ1) is 7.83. The Labute approximate surface area is 99.1 Å². The minimum absolute atomic E-state index is 0.335. The van der Waals surface area contributed by atoms with Crippen molar-refractivity contribution in [3.05, 3.63) is 35.4 Å². The van der Waals surface area contributed by atoms with Gasteiger partial charge in [0.05, 0.1) is 0 Å². The van der Waals surface area contributed by atoms with Crippen LogP contribution in [0.2, 0.25) is 0 Å². The minimum atomic E-state index is 0.335. The molecule has 0 spiro atoms. The molecule has 1 unspecified atom stereocenters. The van der Waals surface area contributed by atoms with Gasteiger partial charge in [-0.05, 0) is 36.8 Å². The van der Waals surface area contributed by atoms with Crippen LogP contribution in [0.4, 0.5) is 0 Å². The molecule has 0 amide bonds. The maximum atomic E-state index is 5.75. The Morgan fingerprint density at radius 2 is 1.88 bits per heavy atom. The Morgan fingerprint density at radius 3 is 2.50 bits per heavy atom. The average molecular weight is 212 g/mol. The summed E-state index contributed by atoms with van der Waals surface area (Å²) in [5.41, 5.74) is 2.72. The summed E-state index contributed by atoms with van der Waals surface area (Å²) in [5, 5.41) is 0. The van der Waals surface area contributed by atoms with Gasteiger partial charge < -0.3 is 0 Å². The zero-order chi connectivity index (χ0) is 11.4. The van der Waals surface area contributed by atoms with Crippen molar-refractivity contribution < 1.29 is 0 Å². The molecule has 2 rings (SSSR count). The van der Waals surface area contributed by atoms with Gasteiger partial charge >= 0.3 is 0 Å². The summed E-state index contributed by atoms with van der Waals surface area (Å²) in [7, 11) is 0. The highest BCUT2D eigenvalue weighted by Gasteiger charge is 2.24. The summed E-state index contributed by atoms with van der Waals surface area (Å²) >= 11 is 0. The van der Waals surface area contributed by atoms with E-state index in [1.807, 2.05) is 0 Å². The molecule has 0 heteroatoms. The number of aryl methyl sites for hydroxylation is 1. The van der Waals surface area contributed by atoms with Crippen LogP contribution >= 0.6 is 0 Å². The van der Waals surface area contributed by atoms with Gasteiger partial charge in [-0.25, -0.2) is 0 Å². The van der Waals surface area contributed by atoms with Gasteiger partial charge in [0.2, 0.25) is 0 Å². The van der Waals surface area contributed by atoms with E-state index >= 15 is 0 Å². The third kappa shape index (κ3) is 2.30. The lowest BCUT2D eigenvalue weighted by molar-refractivity contribution is 0.336. The van der Waals surface area contributed by atoms with Gasteiger partial charge in [-0.1, -0.05) is 49.4 Å². The molecule has 1 aliphatic rings. The van der Waals surface area contributed by atoms with Crippen molar-refractivity contribution in [1.82, 2.24) is 0 Å². The lowest BCUT2D eigenvalue weighted by Gasteiger charge is -2.28. The third-order valence-corrected chi connectivity index (χ3v) is 3.82. The highest BCUT2D eigenvalue weighted by atomic mass is 14.3. The van der Waals surface area contributed by atoms with Gasteiger partial charge in [0.1, 0.15) is 0 Å². The van der Waals surface area contributed by atoms with E-state index in [1.54, 1.807) is 0 Å². The Bertz CT molecular complexity index is 377. The third-order valence-electron chi connectivity index (χ3n) is 3.82. The SMILES string of the molecule is C#CC(c1ccccc1C)C1CCCCC1. The zero-order valence-corrected chi connectivity index (χ0v) is 10.1. The first-order valence-electron chi connectivity index (χ1n) is 6.34. The fourth-order valence-electron chi connectivity index (χ4n) is 2.88. The molecule has 0 bridgehead atoms. The molecule has 0 aliphatic heterocycles. The van der Waals surface area contributed by atoms with Crippen LogP contribution in [-0.2, 0) is 0 Å². The van der Waals surface area contributed by atoms with E-state index in [-0.39, 0.29) is 0 Å². The Morgan fingerprint density at radius 1 is 1.19 bits per heavy atom. The quantitative estimate of drug-likeness (QED) is 0.641. The maximum absolute atomic E-state index is 5.75. The average Bonchev–Trinajstić information content (AvgIpc) is 2.34. The molecule has 1 aromatic carbocycles. The molecule has 1 aliphatic carbocycles. The smallest absolute Gasteiger partial charge is 0.0480 e. The molecule has 1 aromatic rings. The monoisotopic (exact) mass is 212 g/mol. The van der Waals surface area contributed by atoms with E-state index in [4.69, 9.17) is 6.42 Å². The largest absolute Gasteiger partial charge is 0.119 e. The van der Waals surface area contributed by atoms with Gasteiger partial charge in [-0.15, -0.1) is 6.42 Å². The number of rotatable bonds is 2. The topological polar surface area (TPSA) is 0 Å². The molecule has 0 aromatic heterocycles. The second-order valence-electron chi connectivity index (χ2n) is 4.90. The van der Waals surface area contributed by atoms with Crippen LogP contribution in [-0.4, -0.2) is 0 Å². The molecule has 1 atom stereocenters. The number of terminal acetylenes is 1. The summed E-state index contributed by atoms with van der Waals surface area (Å²) in [4.78, 5) is 0. The van der Waals surface area contributed by atoms with Gasteiger partial charge in [0.25, 0.3) is 0 Å². The minimum Gasteiger partial charge on any atom is -0.119 e. The van der Waals surface area contributed by atoms with E-state index in [9.17, 15) is 0 Å². The predicted molar refractivity (Wildman–Crippen MR) is 69.3 cm³/mol. The van der Waals surface area contributed by atoms with Crippen LogP contribution in [0, 0.1) is 25.2 Å². The van der Waals surface area contributed by atoms with Crippen molar-refractivity contribution in [2.45, 2.75) is 44.9 Å². The van der Waals surface area contributed by atoms with Crippen molar-refractivity contribution in [3.63, 3.8) is 0 Å². The van der Waals surface area contributed by atoms with Crippen LogP contribution in [0.5, 0.6) is 0 Å². The number of hydrogen-bond acceptors (Lipinski definition) is 0. The highest BCUT2D eigenvalue weighted by Crippen LogP contribution is 2.36. The molecule has 0 nitrogen and oxygen atoms in total. The van der Waals surface area contributed by atoms with Crippen molar-refractivity contribution in [2.75, 3.05) is 0 Å². The van der Waals surface area contributed by atoms with E-state index in [1.165, 1.54) is 43.2 Å². The fraction of sp³-hybridized carbons (Fsp3) is 0.500. The summed E-state index contributed by atoms with van der Waals surface area (Å²) in [6.07, 6.45) is 12.5. The molecule has 1 saturated carbocycles. The van der Waals surface area contributed by atoms with Crippen LogP contribution in [0.1, 0.15) is 49.1 Å². The second-order valence-corrected chi connectivity index (χ2v) is 4.90. The molecular formula is C16H20. The molecule has 84 valence electrons. The van der Waals surface area contributed by atoms with Gasteiger partial charge in [-0.3, -0.25) is 0 Å². The predicted octanol–water partition coefficient (Wildman–Crippen LogP) is 4.29. The van der Waals surface area contributed by atoms with E-state index < -0.39 is 0 Å². The highest BCUT2D eigenvalue weighted by molar-refractivity contribution is 5.34. The van der Waals surface area contributed by atoms with Crippen molar-refractivity contribution in [3.8, 4) is 12.3 Å². The molecule has 0 radical (unpaired) electrons. The van der Waals surface area contributed by atoms with E-state index in [0.717, 1.165) is 0 Å². The number of benzene rings is 1. The first-order valence-corrected chi connectivity index (χ1v) is 6.34. The Hall–Kier alpha value is -1.22. The molecule has 1 fully saturated rings. The molecule has 16 heavy (non-hydrogen) atoms. The van der Waals surface area contributed by atoms with Crippen LogP contribution in [0.3, 0.4) is 0 Å².